The van der Waals surface area contributed by atoms with Crippen LogP contribution in [0.25, 0.3) is 0 Å². The summed E-state index contributed by atoms with van der Waals surface area (Å²) in [5.41, 5.74) is 0. The van der Waals surface area contributed by atoms with Gasteiger partial charge < -0.3 is 10.4 Å². The Morgan fingerprint density at radius 3 is 2.04 bits per heavy atom. The molecule has 0 unspecified atom stereocenters. The van der Waals surface area contributed by atoms with Gasteiger partial charge in [-0.1, -0.05) is 6.42 Å². The number of rotatable bonds is 7. The van der Waals surface area contributed by atoms with Gasteiger partial charge in [0.15, 0.2) is 0 Å². The van der Waals surface area contributed by atoms with E-state index in [2.05, 4.69) is 4.99 Å². The van der Waals surface area contributed by atoms with Crippen molar-refractivity contribution < 1.29 is 45.8 Å². The van der Waals surface area contributed by atoms with Gasteiger partial charge in [0.1, 0.15) is 0 Å². The van der Waals surface area contributed by atoms with Crippen LogP contribution in [0.3, 0.4) is 0 Å². The van der Waals surface area contributed by atoms with Gasteiger partial charge in [-0.05, 0) is 12.8 Å². The Labute approximate surface area is 125 Å². The highest BCUT2D eigenvalue weighted by Gasteiger charge is 2.39. The van der Waals surface area contributed by atoms with Gasteiger partial charge in [0.25, 0.3) is 0 Å². The largest absolute Gasteiger partial charge is 0.481 e. The molecule has 2 N–H and O–H groups in total. The van der Waals surface area contributed by atoms with Crippen LogP contribution in [-0.4, -0.2) is 48.0 Å². The second kappa shape index (κ2) is 8.48. The number of unbranched alkanes of at least 4 members (excludes halogenated alkanes) is 1. The Morgan fingerprint density at radius 1 is 1.04 bits per heavy atom. The molecule has 2 amide bonds. The van der Waals surface area contributed by atoms with Crippen LogP contribution >= 0.6 is 0 Å². The average molecular weight is 350 g/mol. The van der Waals surface area contributed by atoms with E-state index in [1.165, 1.54) is 0 Å². The van der Waals surface area contributed by atoms with Gasteiger partial charge in [-0.15, -0.1) is 0 Å². The molecule has 0 heterocycles. The van der Waals surface area contributed by atoms with Crippen LogP contribution in [0.2, 0.25) is 0 Å². The maximum atomic E-state index is 11.9. The quantitative estimate of drug-likeness (QED) is 0.415. The molecule has 0 aliphatic carbocycles. The number of hydrogen-bond acceptors (Lipinski definition) is 3. The number of alkyl halides is 6. The van der Waals surface area contributed by atoms with E-state index in [1.54, 1.807) is 5.32 Å². The Hall–Kier alpha value is -2.14. The minimum atomic E-state index is -5.22. The summed E-state index contributed by atoms with van der Waals surface area (Å²) in [6.07, 6.45) is -10.2. The van der Waals surface area contributed by atoms with Crippen LogP contribution in [0.15, 0.2) is 4.99 Å². The van der Waals surface area contributed by atoms with E-state index in [-0.39, 0.29) is 25.8 Å². The molecule has 12 heteroatoms. The van der Waals surface area contributed by atoms with E-state index < -0.39 is 36.1 Å². The number of carbonyl (C=O) groups excluding carboxylic acids is 2. The van der Waals surface area contributed by atoms with E-state index in [0.29, 0.717) is 6.21 Å². The second-order valence-electron chi connectivity index (χ2n) is 4.28. The van der Waals surface area contributed by atoms with Gasteiger partial charge in [0.2, 0.25) is 0 Å². The number of hydrogen-bond donors (Lipinski definition) is 2. The lowest BCUT2D eigenvalue weighted by atomic mass is 10.0. The molecule has 0 aromatic heterocycles. The number of nitrogens with one attached hydrogen (secondary N) is 1. The van der Waals surface area contributed by atoms with Crippen molar-refractivity contribution in [3.8, 4) is 0 Å². The highest BCUT2D eigenvalue weighted by Crippen LogP contribution is 2.17. The molecule has 0 rings (SSSR count). The topological polar surface area (TPSA) is 95.8 Å². The first-order valence-corrected chi connectivity index (χ1v) is 6.09. The van der Waals surface area contributed by atoms with Gasteiger partial charge in [0, 0.05) is 12.8 Å². The van der Waals surface area contributed by atoms with Crippen molar-refractivity contribution in [3.63, 3.8) is 0 Å². The lowest BCUT2D eigenvalue weighted by Gasteiger charge is -2.09. The molecule has 6 nitrogen and oxygen atoms in total. The van der Waals surface area contributed by atoms with Crippen LogP contribution in [0.4, 0.5) is 26.3 Å². The Morgan fingerprint density at radius 2 is 1.61 bits per heavy atom. The fourth-order valence-corrected chi connectivity index (χ4v) is 1.28. The molecule has 0 aliphatic heterocycles. The van der Waals surface area contributed by atoms with E-state index in [9.17, 15) is 40.7 Å². The number of nitrogens with zero attached hydrogens (tertiary/aromatic N) is 1. The van der Waals surface area contributed by atoms with Gasteiger partial charge >= 0.3 is 30.1 Å². The molecule has 0 spiro atoms. The summed E-state index contributed by atoms with van der Waals surface area (Å²) in [6.45, 7) is -0.386. The number of aliphatic carboxylic acids is 1. The standard InChI is InChI=1S/C11H12F6N2O4/c12-10(13,14)8(22)18-4-2-1-3-6(7(20)21)5-19-9(23)11(15,16)17/h5-6H,1-4H2,(H,18,22)(H,20,21)/t6-/m1/s1. The maximum Gasteiger partial charge on any atom is 0.473 e. The van der Waals surface area contributed by atoms with Crippen molar-refractivity contribution in [2.75, 3.05) is 6.54 Å². The van der Waals surface area contributed by atoms with E-state index in [4.69, 9.17) is 5.11 Å². The predicted molar refractivity (Wildman–Crippen MR) is 63.6 cm³/mol. The minimum absolute atomic E-state index is 0.0126. The monoisotopic (exact) mass is 350 g/mol. The molecule has 0 bridgehead atoms. The Kier molecular flexibility index (Phi) is 7.69. The summed E-state index contributed by atoms with van der Waals surface area (Å²) in [4.78, 5) is 34.2. The fraction of sp³-hybridized carbons (Fsp3) is 0.636. The molecular formula is C11H12F6N2O4. The third-order valence-electron chi connectivity index (χ3n) is 2.42. The second-order valence-corrected chi connectivity index (χ2v) is 4.28. The van der Waals surface area contributed by atoms with Gasteiger partial charge in [-0.25, -0.2) is 4.99 Å². The number of aliphatic imine (C=N–C) groups is 1. The number of carboxylic acid groups (broad SMARTS) is 1. The smallest absolute Gasteiger partial charge is 0.473 e. The van der Waals surface area contributed by atoms with Crippen LogP contribution in [0.1, 0.15) is 19.3 Å². The van der Waals surface area contributed by atoms with Crippen LogP contribution < -0.4 is 5.32 Å². The lowest BCUT2D eigenvalue weighted by molar-refractivity contribution is -0.173. The van der Waals surface area contributed by atoms with Crippen molar-refractivity contribution in [1.82, 2.24) is 5.32 Å². The normalized spacial score (nSPS) is 13.8. The van der Waals surface area contributed by atoms with Crippen molar-refractivity contribution in [2.24, 2.45) is 10.9 Å². The van der Waals surface area contributed by atoms with E-state index in [1.807, 2.05) is 0 Å². The summed E-state index contributed by atoms with van der Waals surface area (Å²) in [7, 11) is 0. The third-order valence-corrected chi connectivity index (χ3v) is 2.42. The molecule has 0 aliphatic rings. The summed E-state index contributed by atoms with van der Waals surface area (Å²) in [5.74, 6) is -7.64. The van der Waals surface area contributed by atoms with Crippen molar-refractivity contribution >= 4 is 24.0 Å². The Bertz CT molecular complexity index is 472. The summed E-state index contributed by atoms with van der Waals surface area (Å²) >= 11 is 0. The number of amides is 2. The summed E-state index contributed by atoms with van der Waals surface area (Å²) in [5, 5.41) is 10.3. The molecule has 0 aromatic carbocycles. The maximum absolute atomic E-state index is 11.9. The van der Waals surface area contributed by atoms with Crippen LogP contribution in [0, 0.1) is 5.92 Å². The molecule has 132 valence electrons. The van der Waals surface area contributed by atoms with E-state index in [0.717, 1.165) is 0 Å². The first-order chi connectivity index (χ1) is 10.4. The summed E-state index contributed by atoms with van der Waals surface area (Å²) < 4.78 is 71.1. The predicted octanol–water partition coefficient (Wildman–Crippen LogP) is 1.70. The van der Waals surface area contributed by atoms with Gasteiger partial charge in [0.05, 0.1) is 5.92 Å². The lowest BCUT2D eigenvalue weighted by Crippen LogP contribution is -2.37. The first kappa shape index (κ1) is 20.9. The number of halogens is 6. The van der Waals surface area contributed by atoms with Crippen molar-refractivity contribution in [3.05, 3.63) is 0 Å². The number of carbonyl (C=O) groups is 3. The van der Waals surface area contributed by atoms with E-state index >= 15 is 0 Å². The average Bonchev–Trinajstić information content (AvgIpc) is 2.38. The molecule has 0 fully saturated rings. The van der Waals surface area contributed by atoms with Gasteiger partial charge in [-0.2, -0.15) is 26.3 Å². The third kappa shape index (κ3) is 8.78. The zero-order valence-electron chi connectivity index (χ0n) is 11.4. The molecule has 0 saturated heterocycles. The molecule has 23 heavy (non-hydrogen) atoms. The molecule has 0 saturated carbocycles. The van der Waals surface area contributed by atoms with Crippen LogP contribution in [0.5, 0.6) is 0 Å². The Balaban J connectivity index is 4.27. The van der Waals surface area contributed by atoms with Crippen molar-refractivity contribution in [2.45, 2.75) is 31.6 Å². The molecule has 0 aromatic rings. The van der Waals surface area contributed by atoms with Crippen molar-refractivity contribution in [1.29, 1.82) is 0 Å². The molecule has 1 atom stereocenters. The SMILES string of the molecule is O=C(O)[C@@H](C=NC(=O)C(F)(F)F)CCCCNC(=O)C(F)(F)F. The highest BCUT2D eigenvalue weighted by atomic mass is 19.4. The number of carboxylic acids is 1. The summed E-state index contributed by atoms with van der Waals surface area (Å²) in [6, 6.07) is 0. The highest BCUT2D eigenvalue weighted by molar-refractivity contribution is 5.96. The molecule has 0 radical (unpaired) electrons. The zero-order valence-corrected chi connectivity index (χ0v) is 11.4. The first-order valence-electron chi connectivity index (χ1n) is 6.09. The van der Waals surface area contributed by atoms with Crippen LogP contribution in [-0.2, 0) is 14.4 Å². The minimum Gasteiger partial charge on any atom is -0.481 e. The fourth-order valence-electron chi connectivity index (χ4n) is 1.28. The van der Waals surface area contributed by atoms with Gasteiger partial charge in [-0.3, -0.25) is 14.4 Å². The zero-order chi connectivity index (χ0) is 18.3. The molecular weight excluding hydrogens is 338 g/mol.